The summed E-state index contributed by atoms with van der Waals surface area (Å²) in [5.74, 6) is 0.921. The molecule has 2 nitrogen and oxygen atoms in total. The minimum atomic E-state index is 0.699. The summed E-state index contributed by atoms with van der Waals surface area (Å²) in [5, 5.41) is 3.63. The lowest BCUT2D eigenvalue weighted by Crippen LogP contribution is -2.32. The first-order chi connectivity index (χ1) is 6.79. The molecule has 0 bridgehead atoms. The Morgan fingerprint density at radius 2 is 2.14 bits per heavy atom. The van der Waals surface area contributed by atoms with E-state index in [9.17, 15) is 0 Å². The third kappa shape index (κ3) is 2.71. The van der Waals surface area contributed by atoms with E-state index >= 15 is 0 Å². The van der Waals surface area contributed by atoms with Crippen LogP contribution in [0, 0.1) is 5.92 Å². The van der Waals surface area contributed by atoms with Crippen LogP contribution in [0.25, 0.3) is 0 Å². The van der Waals surface area contributed by atoms with Crippen molar-refractivity contribution in [1.29, 1.82) is 0 Å². The summed E-state index contributed by atoms with van der Waals surface area (Å²) < 4.78 is 0. The zero-order valence-corrected chi connectivity index (χ0v) is 9.63. The molecule has 1 saturated carbocycles. The molecule has 2 heteroatoms. The van der Waals surface area contributed by atoms with Crippen LogP contribution in [0.1, 0.15) is 39.5 Å². The Bertz CT molecular complexity index is 177. The average Bonchev–Trinajstić information content (AvgIpc) is 2.95. The molecular weight excluding hydrogens is 172 g/mol. The summed E-state index contributed by atoms with van der Waals surface area (Å²) in [6.45, 7) is 8.49. The molecule has 0 radical (unpaired) electrons. The van der Waals surface area contributed by atoms with Crippen LogP contribution < -0.4 is 5.32 Å². The highest BCUT2D eigenvalue weighted by molar-refractivity contribution is 4.90. The molecule has 2 aliphatic rings. The Kier molecular flexibility index (Phi) is 3.45. The molecule has 1 aliphatic carbocycles. The van der Waals surface area contributed by atoms with Gasteiger partial charge in [-0.25, -0.2) is 0 Å². The van der Waals surface area contributed by atoms with Crippen molar-refractivity contribution in [2.75, 3.05) is 19.6 Å². The molecule has 1 heterocycles. The Balaban J connectivity index is 1.63. The number of rotatable bonds is 5. The van der Waals surface area contributed by atoms with E-state index in [-0.39, 0.29) is 0 Å². The van der Waals surface area contributed by atoms with E-state index < -0.39 is 0 Å². The van der Waals surface area contributed by atoms with Crippen molar-refractivity contribution >= 4 is 0 Å². The van der Waals surface area contributed by atoms with Crippen LogP contribution in [-0.4, -0.2) is 36.6 Å². The van der Waals surface area contributed by atoms with Crippen LogP contribution in [0.15, 0.2) is 0 Å². The molecule has 2 rings (SSSR count). The molecule has 1 aliphatic heterocycles. The number of nitrogens with zero attached hydrogens (tertiary/aromatic N) is 1. The molecular formula is C12H24N2. The normalized spacial score (nSPS) is 30.9. The molecule has 2 unspecified atom stereocenters. The van der Waals surface area contributed by atoms with Gasteiger partial charge in [-0.2, -0.15) is 0 Å². The number of likely N-dealkylation sites (tertiary alicyclic amines) is 1. The Labute approximate surface area is 88.1 Å². The molecule has 0 aromatic heterocycles. The summed E-state index contributed by atoms with van der Waals surface area (Å²) in [7, 11) is 0. The van der Waals surface area contributed by atoms with E-state index in [1.54, 1.807) is 0 Å². The van der Waals surface area contributed by atoms with Crippen LogP contribution in [0.5, 0.6) is 0 Å². The van der Waals surface area contributed by atoms with Gasteiger partial charge in [0.1, 0.15) is 0 Å². The fraction of sp³-hybridized carbons (Fsp3) is 1.00. The maximum Gasteiger partial charge on any atom is 0.00965 e. The topological polar surface area (TPSA) is 15.3 Å². The van der Waals surface area contributed by atoms with Gasteiger partial charge in [-0.1, -0.05) is 6.92 Å². The van der Waals surface area contributed by atoms with Crippen molar-refractivity contribution in [3.05, 3.63) is 0 Å². The Hall–Kier alpha value is -0.0800. The second kappa shape index (κ2) is 4.63. The second-order valence-corrected chi connectivity index (χ2v) is 5.10. The van der Waals surface area contributed by atoms with Crippen LogP contribution >= 0.6 is 0 Å². The van der Waals surface area contributed by atoms with Crippen molar-refractivity contribution in [2.45, 2.75) is 51.6 Å². The minimum absolute atomic E-state index is 0.699. The van der Waals surface area contributed by atoms with Gasteiger partial charge in [-0.05, 0) is 51.6 Å². The van der Waals surface area contributed by atoms with E-state index in [2.05, 4.69) is 24.1 Å². The van der Waals surface area contributed by atoms with Crippen molar-refractivity contribution in [1.82, 2.24) is 10.2 Å². The predicted molar refractivity (Wildman–Crippen MR) is 60.5 cm³/mol. The third-order valence-corrected chi connectivity index (χ3v) is 3.75. The Morgan fingerprint density at radius 3 is 2.79 bits per heavy atom. The van der Waals surface area contributed by atoms with Crippen LogP contribution in [0.4, 0.5) is 0 Å². The fourth-order valence-electron chi connectivity index (χ4n) is 2.31. The zero-order valence-electron chi connectivity index (χ0n) is 9.63. The van der Waals surface area contributed by atoms with Crippen LogP contribution in [0.3, 0.4) is 0 Å². The van der Waals surface area contributed by atoms with Crippen molar-refractivity contribution in [2.24, 2.45) is 5.92 Å². The lowest BCUT2D eigenvalue weighted by atomic mass is 10.1. The quantitative estimate of drug-likeness (QED) is 0.722. The predicted octanol–water partition coefficient (Wildman–Crippen LogP) is 1.86. The van der Waals surface area contributed by atoms with Crippen molar-refractivity contribution in [3.63, 3.8) is 0 Å². The average molecular weight is 196 g/mol. The van der Waals surface area contributed by atoms with Gasteiger partial charge in [0, 0.05) is 18.6 Å². The SMILES string of the molecule is CCC(C)NCC1CCN(C2CC2)C1. The maximum atomic E-state index is 3.63. The highest BCUT2D eigenvalue weighted by Crippen LogP contribution is 2.31. The molecule has 1 N–H and O–H groups in total. The smallest absolute Gasteiger partial charge is 0.00965 e. The number of hydrogen-bond acceptors (Lipinski definition) is 2. The van der Waals surface area contributed by atoms with Gasteiger partial charge in [0.05, 0.1) is 0 Å². The van der Waals surface area contributed by atoms with Gasteiger partial charge in [0.25, 0.3) is 0 Å². The second-order valence-electron chi connectivity index (χ2n) is 5.10. The van der Waals surface area contributed by atoms with E-state index in [1.807, 2.05) is 0 Å². The van der Waals surface area contributed by atoms with Crippen LogP contribution in [-0.2, 0) is 0 Å². The standard InChI is InChI=1S/C12H24N2/c1-3-10(2)13-8-11-6-7-14(9-11)12-4-5-12/h10-13H,3-9H2,1-2H3. The number of hydrogen-bond donors (Lipinski definition) is 1. The highest BCUT2D eigenvalue weighted by Gasteiger charge is 2.34. The van der Waals surface area contributed by atoms with Gasteiger partial charge in [0.15, 0.2) is 0 Å². The summed E-state index contributed by atoms with van der Waals surface area (Å²) in [5.41, 5.74) is 0. The highest BCUT2D eigenvalue weighted by atomic mass is 15.2. The van der Waals surface area contributed by atoms with E-state index in [4.69, 9.17) is 0 Å². The molecule has 1 saturated heterocycles. The molecule has 0 aromatic carbocycles. The molecule has 0 amide bonds. The minimum Gasteiger partial charge on any atom is -0.314 e. The summed E-state index contributed by atoms with van der Waals surface area (Å²) in [4.78, 5) is 2.70. The van der Waals surface area contributed by atoms with Crippen molar-refractivity contribution in [3.8, 4) is 0 Å². The molecule has 0 spiro atoms. The molecule has 0 aromatic rings. The van der Waals surface area contributed by atoms with E-state index in [0.29, 0.717) is 6.04 Å². The molecule has 14 heavy (non-hydrogen) atoms. The largest absolute Gasteiger partial charge is 0.314 e. The summed E-state index contributed by atoms with van der Waals surface area (Å²) in [6.07, 6.45) is 5.59. The van der Waals surface area contributed by atoms with Gasteiger partial charge < -0.3 is 10.2 Å². The first kappa shape index (κ1) is 10.4. The Morgan fingerprint density at radius 1 is 1.36 bits per heavy atom. The first-order valence-electron chi connectivity index (χ1n) is 6.27. The molecule has 2 atom stereocenters. The van der Waals surface area contributed by atoms with Gasteiger partial charge >= 0.3 is 0 Å². The maximum absolute atomic E-state index is 3.63. The van der Waals surface area contributed by atoms with E-state index in [1.165, 1.54) is 45.3 Å². The third-order valence-electron chi connectivity index (χ3n) is 3.75. The summed E-state index contributed by atoms with van der Waals surface area (Å²) in [6, 6.07) is 1.67. The monoisotopic (exact) mass is 196 g/mol. The summed E-state index contributed by atoms with van der Waals surface area (Å²) >= 11 is 0. The van der Waals surface area contributed by atoms with Crippen LogP contribution in [0.2, 0.25) is 0 Å². The molecule has 82 valence electrons. The first-order valence-corrected chi connectivity index (χ1v) is 6.27. The lowest BCUT2D eigenvalue weighted by molar-refractivity contribution is 0.309. The van der Waals surface area contributed by atoms with Crippen molar-refractivity contribution < 1.29 is 0 Å². The number of nitrogens with one attached hydrogen (secondary N) is 1. The van der Waals surface area contributed by atoms with Gasteiger partial charge in [-0.15, -0.1) is 0 Å². The molecule has 2 fully saturated rings. The lowest BCUT2D eigenvalue weighted by Gasteiger charge is -2.17. The van der Waals surface area contributed by atoms with Gasteiger partial charge in [0.2, 0.25) is 0 Å². The zero-order chi connectivity index (χ0) is 9.97. The van der Waals surface area contributed by atoms with Gasteiger partial charge in [-0.3, -0.25) is 0 Å². The fourth-order valence-corrected chi connectivity index (χ4v) is 2.31. The van der Waals surface area contributed by atoms with E-state index in [0.717, 1.165) is 12.0 Å².